The van der Waals surface area contributed by atoms with E-state index in [-0.39, 0.29) is 33.8 Å². The first-order valence-corrected chi connectivity index (χ1v) is 12.4. The summed E-state index contributed by atoms with van der Waals surface area (Å²) in [6, 6.07) is 4.44. The number of nitrogens with one attached hydrogen (secondary N) is 1. The van der Waals surface area contributed by atoms with Gasteiger partial charge in [0.05, 0.1) is 25.0 Å². The topological polar surface area (TPSA) is 125 Å². The number of hydrogen-bond donors (Lipinski definition) is 2. The molecular weight excluding hydrogens is 553 g/mol. The maximum atomic E-state index is 13.3. The molecule has 1 aliphatic rings. The Morgan fingerprint density at radius 2 is 1.98 bits per heavy atom. The minimum Gasteiger partial charge on any atom is -0.450 e. The fraction of sp³-hybridized carbons (Fsp3) is 0.280. The van der Waals surface area contributed by atoms with Gasteiger partial charge in [0.25, 0.3) is 5.56 Å². The van der Waals surface area contributed by atoms with Crippen molar-refractivity contribution in [3.63, 3.8) is 0 Å². The Morgan fingerprint density at radius 1 is 1.23 bits per heavy atom. The van der Waals surface area contributed by atoms with Crippen molar-refractivity contribution in [1.82, 2.24) is 24.1 Å². The third-order valence-corrected chi connectivity index (χ3v) is 6.67. The molecule has 4 aromatic rings. The van der Waals surface area contributed by atoms with Gasteiger partial charge in [0.15, 0.2) is 17.2 Å². The Kier molecular flexibility index (Phi) is 7.29. The average molecular weight is 577 g/mol. The monoisotopic (exact) mass is 576 g/mol. The van der Waals surface area contributed by atoms with Crippen LogP contribution < -0.4 is 26.2 Å². The quantitative estimate of drug-likeness (QED) is 0.331. The van der Waals surface area contributed by atoms with Gasteiger partial charge in [0.2, 0.25) is 5.95 Å². The van der Waals surface area contributed by atoms with E-state index in [1.54, 1.807) is 13.2 Å². The van der Waals surface area contributed by atoms with Gasteiger partial charge >= 0.3 is 6.18 Å². The molecule has 11 nitrogen and oxygen atoms in total. The second-order valence-electron chi connectivity index (χ2n) is 8.92. The van der Waals surface area contributed by atoms with Crippen molar-refractivity contribution < 1.29 is 22.6 Å². The van der Waals surface area contributed by atoms with Crippen LogP contribution >= 0.6 is 11.6 Å². The number of rotatable bonds is 6. The van der Waals surface area contributed by atoms with Crippen molar-refractivity contribution in [1.29, 1.82) is 0 Å². The number of ether oxygens (including phenoxy) is 2. The molecule has 0 radical (unpaired) electrons. The van der Waals surface area contributed by atoms with E-state index < -0.39 is 17.3 Å². The van der Waals surface area contributed by atoms with Gasteiger partial charge < -0.3 is 34.6 Å². The van der Waals surface area contributed by atoms with Gasteiger partial charge in [0, 0.05) is 51.5 Å². The van der Waals surface area contributed by atoms with Crippen LogP contribution in [0.2, 0.25) is 5.02 Å². The molecule has 1 fully saturated rings. The third kappa shape index (κ3) is 5.27. The standard InChI is InChI=1S/C25H24ClF3N8O3/c1-35-13-14(25(27,28)29)9-17(23(35)38)33-24-34-22-21(36(24)2)20(26)19(12-32-22)40-18(11-30)16-10-15(3-4-31-16)37-5-7-39-8-6-37/h3-4,9-13H,5-8,30H2,1-2H3,(H,32,33,34)/b18-11+. The van der Waals surface area contributed by atoms with Crippen LogP contribution in [0.1, 0.15) is 11.3 Å². The minimum absolute atomic E-state index is 0.0486. The van der Waals surface area contributed by atoms with Crippen LogP contribution in [0.5, 0.6) is 5.75 Å². The summed E-state index contributed by atoms with van der Waals surface area (Å²) in [4.78, 5) is 27.6. The number of fused-ring (bicyclic) bond motifs is 1. The Bertz CT molecular complexity index is 1660. The molecule has 0 saturated carbocycles. The fourth-order valence-electron chi connectivity index (χ4n) is 4.23. The molecule has 1 aliphatic heterocycles. The highest BCUT2D eigenvalue weighted by molar-refractivity contribution is 6.36. The Balaban J connectivity index is 1.45. The maximum absolute atomic E-state index is 13.3. The SMILES string of the molecule is Cn1cc(C(F)(F)F)cc(Nc2nc3ncc(O/C(=C/N)c4cc(N5CCOCC5)ccn4)c(Cl)c3n2C)c1=O. The lowest BCUT2D eigenvalue weighted by Crippen LogP contribution is -2.36. The summed E-state index contributed by atoms with van der Waals surface area (Å²) in [5.74, 6) is 0.424. The van der Waals surface area contributed by atoms with Crippen LogP contribution in [-0.2, 0) is 25.0 Å². The lowest BCUT2D eigenvalue weighted by atomic mass is 10.2. The number of nitrogens with two attached hydrogens (primary N) is 1. The normalized spacial score (nSPS) is 14.6. The fourth-order valence-corrected chi connectivity index (χ4v) is 4.53. The first kappa shape index (κ1) is 27.3. The van der Waals surface area contributed by atoms with Crippen molar-refractivity contribution >= 4 is 45.8 Å². The lowest BCUT2D eigenvalue weighted by Gasteiger charge is -2.29. The van der Waals surface area contributed by atoms with Gasteiger partial charge in [0.1, 0.15) is 21.9 Å². The smallest absolute Gasteiger partial charge is 0.417 e. The molecule has 5 heterocycles. The molecule has 5 rings (SSSR count). The molecule has 3 N–H and O–H groups in total. The summed E-state index contributed by atoms with van der Waals surface area (Å²) in [7, 11) is 2.80. The second-order valence-corrected chi connectivity index (χ2v) is 9.29. The van der Waals surface area contributed by atoms with E-state index in [9.17, 15) is 18.0 Å². The molecule has 0 atom stereocenters. The second kappa shape index (κ2) is 10.7. The van der Waals surface area contributed by atoms with Crippen LogP contribution in [0.3, 0.4) is 0 Å². The Labute approximate surface area is 230 Å². The molecule has 4 aromatic heterocycles. The molecule has 0 aliphatic carbocycles. The number of aromatic nitrogens is 5. The zero-order chi connectivity index (χ0) is 28.6. The molecule has 0 spiro atoms. The Morgan fingerprint density at radius 3 is 2.67 bits per heavy atom. The van der Waals surface area contributed by atoms with Gasteiger partial charge in [-0.15, -0.1) is 0 Å². The molecule has 0 bridgehead atoms. The summed E-state index contributed by atoms with van der Waals surface area (Å²) >= 11 is 6.67. The summed E-state index contributed by atoms with van der Waals surface area (Å²) < 4.78 is 53.6. The van der Waals surface area contributed by atoms with Crippen LogP contribution in [0.25, 0.3) is 16.9 Å². The van der Waals surface area contributed by atoms with Crippen molar-refractivity contribution in [2.45, 2.75) is 6.18 Å². The van der Waals surface area contributed by atoms with E-state index in [1.807, 2.05) is 12.1 Å². The van der Waals surface area contributed by atoms with Gasteiger partial charge in [-0.25, -0.2) is 4.98 Å². The maximum Gasteiger partial charge on any atom is 0.417 e. The summed E-state index contributed by atoms with van der Waals surface area (Å²) in [6.07, 6.45) is 0.327. The van der Waals surface area contributed by atoms with E-state index in [4.69, 9.17) is 26.8 Å². The number of aryl methyl sites for hydroxylation is 2. The van der Waals surface area contributed by atoms with Gasteiger partial charge in [-0.3, -0.25) is 9.78 Å². The van der Waals surface area contributed by atoms with Crippen molar-refractivity contribution in [3.05, 3.63) is 69.6 Å². The highest BCUT2D eigenvalue weighted by Crippen LogP contribution is 2.36. The molecule has 0 unspecified atom stereocenters. The average Bonchev–Trinajstić information content (AvgIpc) is 3.26. The van der Waals surface area contributed by atoms with Crippen LogP contribution in [0, 0.1) is 0 Å². The predicted octanol–water partition coefficient (Wildman–Crippen LogP) is 3.65. The summed E-state index contributed by atoms with van der Waals surface area (Å²) in [5.41, 5.74) is 5.78. The Hall–Kier alpha value is -4.30. The van der Waals surface area contributed by atoms with Crippen LogP contribution in [0.15, 0.2) is 47.8 Å². The number of anilines is 3. The highest BCUT2D eigenvalue weighted by atomic mass is 35.5. The first-order valence-electron chi connectivity index (χ1n) is 12.0. The van der Waals surface area contributed by atoms with E-state index in [0.29, 0.717) is 24.4 Å². The minimum atomic E-state index is -4.64. The predicted molar refractivity (Wildman–Crippen MR) is 144 cm³/mol. The summed E-state index contributed by atoms with van der Waals surface area (Å²) in [6.45, 7) is 2.72. The number of morpholine rings is 1. The van der Waals surface area contributed by atoms with Gasteiger partial charge in [-0.1, -0.05) is 11.6 Å². The first-order chi connectivity index (χ1) is 19.1. The molecular formula is C25H24ClF3N8O3. The van der Waals surface area contributed by atoms with Crippen LogP contribution in [0.4, 0.5) is 30.5 Å². The van der Waals surface area contributed by atoms with Gasteiger partial charge in [-0.05, 0) is 18.2 Å². The van der Waals surface area contributed by atoms with E-state index >= 15 is 0 Å². The summed E-state index contributed by atoms with van der Waals surface area (Å²) in [5, 5.41) is 2.79. The lowest BCUT2D eigenvalue weighted by molar-refractivity contribution is -0.138. The number of imidazole rings is 1. The number of hydrogen-bond acceptors (Lipinski definition) is 9. The van der Waals surface area contributed by atoms with E-state index in [1.165, 1.54) is 24.0 Å². The van der Waals surface area contributed by atoms with Crippen molar-refractivity contribution in [3.8, 4) is 5.75 Å². The molecule has 40 heavy (non-hydrogen) atoms. The number of alkyl halides is 3. The van der Waals surface area contributed by atoms with Crippen LogP contribution in [-0.4, -0.2) is 50.4 Å². The van der Waals surface area contributed by atoms with Crippen molar-refractivity contribution in [2.24, 2.45) is 19.8 Å². The largest absolute Gasteiger partial charge is 0.450 e. The van der Waals surface area contributed by atoms with E-state index in [2.05, 4.69) is 25.2 Å². The molecule has 210 valence electrons. The third-order valence-electron chi connectivity index (χ3n) is 6.31. The molecule has 15 heteroatoms. The van der Waals surface area contributed by atoms with Crippen molar-refractivity contribution in [2.75, 3.05) is 36.5 Å². The zero-order valence-electron chi connectivity index (χ0n) is 21.4. The highest BCUT2D eigenvalue weighted by Gasteiger charge is 2.32. The molecule has 0 aromatic carbocycles. The zero-order valence-corrected chi connectivity index (χ0v) is 22.1. The van der Waals surface area contributed by atoms with Gasteiger partial charge in [-0.2, -0.15) is 18.2 Å². The molecule has 1 saturated heterocycles. The number of pyridine rings is 3. The van der Waals surface area contributed by atoms with E-state index in [0.717, 1.165) is 35.6 Å². The number of nitrogens with zero attached hydrogens (tertiary/aromatic N) is 6. The number of halogens is 4. The molecule has 0 amide bonds.